The van der Waals surface area contributed by atoms with Crippen molar-refractivity contribution < 1.29 is 13.6 Å². The van der Waals surface area contributed by atoms with E-state index in [9.17, 15) is 13.6 Å². The van der Waals surface area contributed by atoms with Crippen LogP contribution in [0.2, 0.25) is 0 Å². The zero-order valence-corrected chi connectivity index (χ0v) is 14.1. The molecular formula is C18H21F2N3O. The average Bonchev–Trinajstić information content (AvgIpc) is 2.83. The van der Waals surface area contributed by atoms with Crippen LogP contribution in [0.25, 0.3) is 0 Å². The van der Waals surface area contributed by atoms with Gasteiger partial charge in [0.25, 0.3) is 0 Å². The molecule has 0 aliphatic carbocycles. The number of carbonyl (C=O) groups excluding carboxylic acids is 1. The number of para-hydroxylation sites is 1. The highest BCUT2D eigenvalue weighted by molar-refractivity contribution is 5.96. The van der Waals surface area contributed by atoms with Gasteiger partial charge < -0.3 is 4.90 Å². The molecule has 24 heavy (non-hydrogen) atoms. The molecule has 1 aromatic carbocycles. The van der Waals surface area contributed by atoms with E-state index >= 15 is 0 Å². The fraction of sp³-hybridized carbons (Fsp3) is 0.444. The lowest BCUT2D eigenvalue weighted by Crippen LogP contribution is -2.37. The largest absolute Gasteiger partial charge is 0.333 e. The number of aryl methyl sites for hydroxylation is 1. The number of benzene rings is 1. The number of halogens is 2. The first-order chi connectivity index (χ1) is 11.4. The fourth-order valence-electron chi connectivity index (χ4n) is 3.40. The lowest BCUT2D eigenvalue weighted by atomic mass is 9.91. The number of rotatable bonds is 3. The van der Waals surface area contributed by atoms with Crippen LogP contribution in [0.5, 0.6) is 0 Å². The van der Waals surface area contributed by atoms with Gasteiger partial charge in [0.2, 0.25) is 5.91 Å². The van der Waals surface area contributed by atoms with Crippen LogP contribution in [0.4, 0.5) is 14.5 Å². The maximum atomic E-state index is 13.0. The van der Waals surface area contributed by atoms with Crippen LogP contribution in [-0.4, -0.2) is 22.2 Å². The van der Waals surface area contributed by atoms with Crippen molar-refractivity contribution in [2.24, 2.45) is 0 Å². The summed E-state index contributed by atoms with van der Waals surface area (Å²) < 4.78 is 26.6. The molecule has 0 radical (unpaired) electrons. The molecule has 0 saturated heterocycles. The Bertz CT molecular complexity index is 770. The predicted molar refractivity (Wildman–Crippen MR) is 88.5 cm³/mol. The Balaban J connectivity index is 1.88. The Labute approximate surface area is 140 Å². The molecule has 4 nitrogen and oxygen atoms in total. The second-order valence-corrected chi connectivity index (χ2v) is 6.34. The number of hydrogen-bond donors (Lipinski definition) is 0. The Kier molecular flexibility index (Phi) is 4.39. The molecule has 0 saturated carbocycles. The zero-order chi connectivity index (χ0) is 17.4. The molecule has 2 aromatic rings. The fourth-order valence-corrected chi connectivity index (χ4v) is 3.40. The molecule has 1 amide bonds. The van der Waals surface area contributed by atoms with Crippen LogP contribution in [-0.2, 0) is 11.2 Å². The summed E-state index contributed by atoms with van der Waals surface area (Å²) in [6.07, 6.45) is 0.990. The molecule has 0 unspecified atom stereocenters. The van der Waals surface area contributed by atoms with E-state index in [2.05, 4.69) is 12.0 Å². The van der Waals surface area contributed by atoms with E-state index in [1.165, 1.54) is 0 Å². The van der Waals surface area contributed by atoms with E-state index in [1.54, 1.807) is 18.7 Å². The Morgan fingerprint density at radius 2 is 2.04 bits per heavy atom. The van der Waals surface area contributed by atoms with Gasteiger partial charge >= 0.3 is 6.55 Å². The molecule has 0 spiro atoms. The Morgan fingerprint density at radius 3 is 2.71 bits per heavy atom. The van der Waals surface area contributed by atoms with Crippen molar-refractivity contribution in [3.63, 3.8) is 0 Å². The highest BCUT2D eigenvalue weighted by atomic mass is 19.3. The third-order valence-electron chi connectivity index (χ3n) is 4.83. The summed E-state index contributed by atoms with van der Waals surface area (Å²) in [5, 5.41) is 3.86. The summed E-state index contributed by atoms with van der Waals surface area (Å²) in [5.74, 6) is 0.338. The van der Waals surface area contributed by atoms with Gasteiger partial charge in [0.05, 0.1) is 12.1 Å². The molecule has 6 heteroatoms. The second-order valence-electron chi connectivity index (χ2n) is 6.34. The Hall–Kier alpha value is -2.24. The maximum Gasteiger partial charge on any atom is 0.333 e. The summed E-state index contributed by atoms with van der Waals surface area (Å²) in [7, 11) is 0. The minimum absolute atomic E-state index is 0.0747. The molecule has 0 N–H and O–H groups in total. The first kappa shape index (κ1) is 16.6. The van der Waals surface area contributed by atoms with Crippen LogP contribution in [0.1, 0.15) is 48.3 Å². The molecule has 1 atom stereocenters. The van der Waals surface area contributed by atoms with E-state index in [4.69, 9.17) is 0 Å². The first-order valence-corrected chi connectivity index (χ1v) is 8.12. The number of hydrogen-bond acceptors (Lipinski definition) is 2. The number of carbonyl (C=O) groups is 1. The number of nitrogens with zero attached hydrogens (tertiary/aromatic N) is 3. The number of aromatic nitrogens is 2. The molecule has 2 heterocycles. The van der Waals surface area contributed by atoms with Gasteiger partial charge in [0, 0.05) is 23.5 Å². The molecule has 128 valence electrons. The van der Waals surface area contributed by atoms with Crippen LogP contribution < -0.4 is 4.90 Å². The standard InChI is InChI=1S/C18H21F2N3O/c1-11-8-9-22(16-7-5-4-6-14(11)16)17(24)10-15-12(2)21-23(13(15)3)18(19)20/h4-7,11,18H,8-10H2,1-3H3/t11-/m0/s1. The van der Waals surface area contributed by atoms with Crippen LogP contribution in [0, 0.1) is 13.8 Å². The van der Waals surface area contributed by atoms with Crippen molar-refractivity contribution in [3.05, 3.63) is 46.8 Å². The monoisotopic (exact) mass is 333 g/mol. The summed E-state index contributed by atoms with van der Waals surface area (Å²) in [6, 6.07) is 7.89. The number of fused-ring (bicyclic) bond motifs is 1. The van der Waals surface area contributed by atoms with Crippen LogP contribution in [0.15, 0.2) is 24.3 Å². The quantitative estimate of drug-likeness (QED) is 0.852. The zero-order valence-electron chi connectivity index (χ0n) is 14.1. The van der Waals surface area contributed by atoms with Gasteiger partial charge in [-0.3, -0.25) is 4.79 Å². The average molecular weight is 333 g/mol. The summed E-state index contributed by atoms with van der Waals surface area (Å²) in [4.78, 5) is 14.6. The number of anilines is 1. The SMILES string of the molecule is Cc1nn(C(F)F)c(C)c1CC(=O)N1CC[C@H](C)c2ccccc21. The van der Waals surface area contributed by atoms with E-state index in [1.807, 2.05) is 24.3 Å². The smallest absolute Gasteiger partial charge is 0.312 e. The first-order valence-electron chi connectivity index (χ1n) is 8.12. The van der Waals surface area contributed by atoms with Gasteiger partial charge in [-0.15, -0.1) is 0 Å². The van der Waals surface area contributed by atoms with Gasteiger partial charge in [-0.25, -0.2) is 4.68 Å². The van der Waals surface area contributed by atoms with Gasteiger partial charge in [-0.2, -0.15) is 13.9 Å². The summed E-state index contributed by atoms with van der Waals surface area (Å²) in [5.41, 5.74) is 3.53. The van der Waals surface area contributed by atoms with E-state index in [0.29, 0.717) is 34.1 Å². The van der Waals surface area contributed by atoms with Crippen molar-refractivity contribution >= 4 is 11.6 Å². The summed E-state index contributed by atoms with van der Waals surface area (Å²) in [6.45, 7) is 3.37. The molecule has 1 aliphatic rings. The topological polar surface area (TPSA) is 38.1 Å². The van der Waals surface area contributed by atoms with E-state index in [-0.39, 0.29) is 12.3 Å². The molecule has 0 fully saturated rings. The van der Waals surface area contributed by atoms with Gasteiger partial charge in [0.1, 0.15) is 0 Å². The lowest BCUT2D eigenvalue weighted by molar-refractivity contribution is -0.118. The third kappa shape index (κ3) is 2.81. The van der Waals surface area contributed by atoms with Crippen molar-refractivity contribution in [2.45, 2.75) is 46.1 Å². The van der Waals surface area contributed by atoms with Gasteiger partial charge in [-0.05, 0) is 37.8 Å². The number of alkyl halides is 2. The predicted octanol–water partition coefficient (Wildman–Crippen LogP) is 3.98. The minimum Gasteiger partial charge on any atom is -0.312 e. The minimum atomic E-state index is -2.69. The lowest BCUT2D eigenvalue weighted by Gasteiger charge is -2.33. The molecular weight excluding hydrogens is 312 g/mol. The van der Waals surface area contributed by atoms with Crippen molar-refractivity contribution in [2.75, 3.05) is 11.4 Å². The van der Waals surface area contributed by atoms with Crippen molar-refractivity contribution in [1.82, 2.24) is 9.78 Å². The van der Waals surface area contributed by atoms with Crippen molar-refractivity contribution in [1.29, 1.82) is 0 Å². The molecule has 1 aliphatic heterocycles. The molecule has 3 rings (SSSR count). The second kappa shape index (κ2) is 6.34. The highest BCUT2D eigenvalue weighted by Crippen LogP contribution is 2.35. The maximum absolute atomic E-state index is 13.0. The van der Waals surface area contributed by atoms with E-state index < -0.39 is 6.55 Å². The van der Waals surface area contributed by atoms with Gasteiger partial charge in [-0.1, -0.05) is 25.1 Å². The van der Waals surface area contributed by atoms with E-state index in [0.717, 1.165) is 17.7 Å². The van der Waals surface area contributed by atoms with Crippen LogP contribution >= 0.6 is 0 Å². The summed E-state index contributed by atoms with van der Waals surface area (Å²) >= 11 is 0. The van der Waals surface area contributed by atoms with Crippen molar-refractivity contribution in [3.8, 4) is 0 Å². The molecule has 1 aromatic heterocycles. The Morgan fingerprint density at radius 1 is 1.33 bits per heavy atom. The number of amides is 1. The van der Waals surface area contributed by atoms with Gasteiger partial charge in [0.15, 0.2) is 0 Å². The normalized spacial score (nSPS) is 17.2. The molecule has 0 bridgehead atoms. The van der Waals surface area contributed by atoms with Crippen LogP contribution in [0.3, 0.4) is 0 Å². The third-order valence-corrected chi connectivity index (χ3v) is 4.83. The highest BCUT2D eigenvalue weighted by Gasteiger charge is 2.28.